The van der Waals surface area contributed by atoms with Crippen LogP contribution < -0.4 is 0 Å². The molecule has 316 valence electrons. The number of esters is 7. The van der Waals surface area contributed by atoms with Gasteiger partial charge in [0, 0.05) is 41.0 Å². The summed E-state index contributed by atoms with van der Waals surface area (Å²) in [4.78, 5) is 113. The highest BCUT2D eigenvalue weighted by molar-refractivity contribution is 6.70. The molecule has 0 bridgehead atoms. The number of hydrogen-bond donors (Lipinski definition) is 1. The zero-order valence-electron chi connectivity index (χ0n) is 30.8. The summed E-state index contributed by atoms with van der Waals surface area (Å²) in [6.07, 6.45) is 3.86. The molecule has 0 unspecified atom stereocenters. The van der Waals surface area contributed by atoms with Gasteiger partial charge in [-0.2, -0.15) is 0 Å². The molecular weight excluding hydrogens is 851 g/mol. The first-order valence-electron chi connectivity index (χ1n) is 16.1. The lowest BCUT2D eigenvalue weighted by atomic mass is 10.1. The van der Waals surface area contributed by atoms with E-state index in [1.54, 1.807) is 0 Å². The average Bonchev–Trinajstić information content (AvgIpc) is 3.23. The Bertz CT molecular complexity index is 1700. The molecule has 18 nitrogen and oxygen atoms in total. The summed E-state index contributed by atoms with van der Waals surface area (Å²) >= 11 is 15.6. The Balaban J connectivity index is 0.00000119. The zero-order valence-corrected chi connectivity index (χ0v) is 33.0. The molecule has 0 atom stereocenters. The van der Waals surface area contributed by atoms with Crippen molar-refractivity contribution >= 4 is 92.3 Å². The van der Waals surface area contributed by atoms with E-state index in [-0.39, 0.29) is 86.2 Å². The minimum absolute atomic E-state index is 0.00725. The molecule has 0 fully saturated rings. The Morgan fingerprint density at radius 3 is 0.797 bits per heavy atom. The molecule has 0 aliphatic rings. The molecule has 0 spiro atoms. The first-order valence-corrected chi connectivity index (χ1v) is 17.3. The molecule has 0 heterocycles. The maximum atomic E-state index is 12.4. The number of ether oxygens (including phenoxy) is 7. The second kappa shape index (κ2) is 29.7. The van der Waals surface area contributed by atoms with Gasteiger partial charge in [-0.25, -0.2) is 33.6 Å². The smallest absolute Gasteiger partial charge is 0.338 e. The van der Waals surface area contributed by atoms with E-state index in [1.807, 2.05) is 0 Å². The van der Waals surface area contributed by atoms with Crippen molar-refractivity contribution in [1.82, 2.24) is 0 Å². The van der Waals surface area contributed by atoms with Crippen molar-refractivity contribution in [3.63, 3.8) is 0 Å². The van der Waals surface area contributed by atoms with E-state index in [0.29, 0.717) is 0 Å². The Morgan fingerprint density at radius 2 is 0.593 bits per heavy atom. The van der Waals surface area contributed by atoms with E-state index < -0.39 is 57.5 Å². The van der Waals surface area contributed by atoms with Crippen molar-refractivity contribution in [2.75, 3.05) is 52.9 Å². The van der Waals surface area contributed by atoms with Gasteiger partial charge in [-0.15, -0.1) is 0 Å². The number of benzene rings is 2. The van der Waals surface area contributed by atoms with Gasteiger partial charge in [-0.3, -0.25) is 14.4 Å². The fraction of sp³-hybridized carbons (Fsp3) is 0.211. The molecule has 2 aromatic carbocycles. The van der Waals surface area contributed by atoms with E-state index >= 15 is 0 Å². The van der Waals surface area contributed by atoms with E-state index in [0.717, 1.165) is 42.5 Å². The Kier molecular flexibility index (Phi) is 26.5. The van der Waals surface area contributed by atoms with Crippen molar-refractivity contribution in [2.24, 2.45) is 0 Å². The average molecular weight is 886 g/mol. The number of carbonyl (C=O) groups excluding carboxylic acids is 10. The highest BCUT2D eigenvalue weighted by Crippen LogP contribution is 2.17. The van der Waals surface area contributed by atoms with Crippen LogP contribution in [0.1, 0.15) is 62.1 Å². The lowest BCUT2D eigenvalue weighted by Gasteiger charge is -2.11. The maximum Gasteiger partial charge on any atom is 0.338 e. The van der Waals surface area contributed by atoms with Crippen LogP contribution in [-0.4, -0.2) is 115 Å². The third kappa shape index (κ3) is 22.8. The van der Waals surface area contributed by atoms with Crippen LogP contribution in [0.3, 0.4) is 0 Å². The molecule has 59 heavy (non-hydrogen) atoms. The standard InChI is InChI=1S/C24H24O12.C9H3Cl3O3.C5H8O3/c1-4-19(25)31-7-10-34-22(28)16-13-17(23(29)35-11-8-32-20(26)5-2)15-18(14-16)24(30)36-12-9-33-21(27)6-3;10-7(13)4-1-5(8(11)14)3-6(2-4)9(12)15;1-2-5(7)8-4-3-6/h4-6,13-15H,1-3,7-12H2;1-3H;2,6H,1,3-4H2. The summed E-state index contributed by atoms with van der Waals surface area (Å²) in [6.45, 7) is 11.1. The van der Waals surface area contributed by atoms with E-state index in [9.17, 15) is 47.9 Å². The van der Waals surface area contributed by atoms with Gasteiger partial charge in [0.15, 0.2) is 0 Å². The maximum absolute atomic E-state index is 12.4. The molecule has 0 amide bonds. The van der Waals surface area contributed by atoms with Gasteiger partial charge in [0.25, 0.3) is 15.7 Å². The summed E-state index contributed by atoms with van der Waals surface area (Å²) in [7, 11) is 0. The molecule has 2 aromatic rings. The molecule has 21 heteroatoms. The molecule has 0 saturated carbocycles. The van der Waals surface area contributed by atoms with Crippen molar-refractivity contribution in [2.45, 2.75) is 0 Å². The van der Waals surface area contributed by atoms with Crippen LogP contribution in [0, 0.1) is 0 Å². The number of aliphatic hydroxyl groups is 1. The molecule has 0 aliphatic carbocycles. The second-order valence-electron chi connectivity index (χ2n) is 10.0. The normalized spacial score (nSPS) is 9.49. The van der Waals surface area contributed by atoms with Gasteiger partial charge in [-0.1, -0.05) is 26.3 Å². The second-order valence-corrected chi connectivity index (χ2v) is 11.1. The Labute approximate surface area is 350 Å². The summed E-state index contributed by atoms with van der Waals surface area (Å²) in [5, 5.41) is 5.71. The van der Waals surface area contributed by atoms with Gasteiger partial charge in [0.05, 0.1) is 23.3 Å². The monoisotopic (exact) mass is 884 g/mol. The number of aliphatic hydroxyl groups excluding tert-OH is 1. The molecular formula is C38H35Cl3O18. The van der Waals surface area contributed by atoms with Crippen LogP contribution in [0.25, 0.3) is 0 Å². The summed E-state index contributed by atoms with van der Waals surface area (Å²) < 4.78 is 33.4. The fourth-order valence-corrected chi connectivity index (χ4v) is 3.74. The SMILES string of the molecule is C=CC(=O)OCCO.C=CC(=O)OCCOC(=O)c1cc(C(=O)OCCOC(=O)C=C)cc(C(=O)OCCOC(=O)C=C)c1.O=C(Cl)c1cc(C(=O)Cl)cc(C(=O)Cl)c1. The largest absolute Gasteiger partial charge is 0.460 e. The van der Waals surface area contributed by atoms with Crippen LogP contribution >= 0.6 is 34.8 Å². The number of carbonyl (C=O) groups is 10. The fourth-order valence-electron chi connectivity index (χ4n) is 3.41. The number of rotatable bonds is 21. The molecule has 0 aliphatic heterocycles. The van der Waals surface area contributed by atoms with Crippen molar-refractivity contribution in [1.29, 1.82) is 0 Å². The van der Waals surface area contributed by atoms with Crippen LogP contribution in [0.15, 0.2) is 87.0 Å². The van der Waals surface area contributed by atoms with Gasteiger partial charge in [0.1, 0.15) is 46.2 Å². The molecule has 1 N–H and O–H groups in total. The van der Waals surface area contributed by atoms with Gasteiger partial charge < -0.3 is 38.3 Å². The summed E-state index contributed by atoms with van der Waals surface area (Å²) in [6, 6.07) is 6.90. The third-order valence-electron chi connectivity index (χ3n) is 5.94. The van der Waals surface area contributed by atoms with Gasteiger partial charge in [-0.05, 0) is 71.2 Å². The van der Waals surface area contributed by atoms with Crippen molar-refractivity contribution in [3.05, 3.63) is 120 Å². The quantitative estimate of drug-likeness (QED) is 0.0613. The minimum Gasteiger partial charge on any atom is -0.460 e. The number of hydrogen-bond acceptors (Lipinski definition) is 18. The molecule has 0 radical (unpaired) electrons. The third-order valence-corrected chi connectivity index (χ3v) is 6.59. The van der Waals surface area contributed by atoms with E-state index in [4.69, 9.17) is 68.3 Å². The van der Waals surface area contributed by atoms with Crippen molar-refractivity contribution in [3.8, 4) is 0 Å². The molecule has 0 aromatic heterocycles. The lowest BCUT2D eigenvalue weighted by molar-refractivity contribution is -0.139. The van der Waals surface area contributed by atoms with Crippen LogP contribution in [0.2, 0.25) is 0 Å². The highest BCUT2D eigenvalue weighted by atomic mass is 35.5. The summed E-state index contributed by atoms with van der Waals surface area (Å²) in [5.74, 6) is -5.44. The predicted octanol–water partition coefficient (Wildman–Crippen LogP) is 3.88. The predicted molar refractivity (Wildman–Crippen MR) is 206 cm³/mol. The molecule has 2 rings (SSSR count). The van der Waals surface area contributed by atoms with Gasteiger partial charge in [0.2, 0.25) is 0 Å². The number of halogens is 3. The Hall–Kier alpha value is -6.47. The Morgan fingerprint density at radius 1 is 0.390 bits per heavy atom. The first-order chi connectivity index (χ1) is 27.9. The zero-order chi connectivity index (χ0) is 44.9. The molecule has 0 saturated heterocycles. The van der Waals surface area contributed by atoms with Crippen molar-refractivity contribution < 1.29 is 86.2 Å². The van der Waals surface area contributed by atoms with E-state index in [1.165, 1.54) is 18.2 Å². The van der Waals surface area contributed by atoms with E-state index in [2.05, 4.69) is 31.1 Å². The van der Waals surface area contributed by atoms with Crippen LogP contribution in [0.5, 0.6) is 0 Å². The lowest BCUT2D eigenvalue weighted by Crippen LogP contribution is -2.17. The van der Waals surface area contributed by atoms with Gasteiger partial charge >= 0.3 is 41.8 Å². The summed E-state index contributed by atoms with van der Waals surface area (Å²) in [5.41, 5.74) is -0.639. The van der Waals surface area contributed by atoms with Crippen LogP contribution in [0.4, 0.5) is 0 Å². The van der Waals surface area contributed by atoms with Crippen LogP contribution in [-0.2, 0) is 52.3 Å². The first kappa shape index (κ1) is 52.5. The highest BCUT2D eigenvalue weighted by Gasteiger charge is 2.20. The topological polar surface area (TPSA) is 256 Å². The minimum atomic E-state index is -0.937.